The Morgan fingerprint density at radius 3 is 2.76 bits per heavy atom. The molecule has 1 heterocycles. The molecule has 0 amide bonds. The molecule has 0 spiro atoms. The van der Waals surface area contributed by atoms with Gasteiger partial charge < -0.3 is 5.73 Å². The summed E-state index contributed by atoms with van der Waals surface area (Å²) < 4.78 is 13.5. The molecule has 0 fully saturated rings. The number of nitrogen functional groups attached to an aromatic ring is 1. The minimum atomic E-state index is -0.564. The van der Waals surface area contributed by atoms with Crippen molar-refractivity contribution in [3.63, 3.8) is 0 Å². The highest BCUT2D eigenvalue weighted by Gasteiger charge is 2.18. The molecule has 0 aliphatic rings. The van der Waals surface area contributed by atoms with Gasteiger partial charge in [0.25, 0.3) is 0 Å². The van der Waals surface area contributed by atoms with E-state index in [2.05, 4.69) is 15.9 Å². The molecule has 0 aliphatic heterocycles. The third-order valence-electron chi connectivity index (χ3n) is 2.15. The molecule has 0 bridgehead atoms. The van der Waals surface area contributed by atoms with Crippen LogP contribution >= 0.6 is 38.9 Å². The molecule has 2 aromatic rings. The number of benzene rings is 1. The van der Waals surface area contributed by atoms with Crippen molar-refractivity contribution in [2.45, 2.75) is 0 Å². The van der Waals surface area contributed by atoms with Crippen LogP contribution in [0.15, 0.2) is 28.1 Å². The first-order valence-corrected chi connectivity index (χ1v) is 6.58. The number of halogens is 3. The van der Waals surface area contributed by atoms with E-state index in [1.165, 1.54) is 23.5 Å². The van der Waals surface area contributed by atoms with Crippen molar-refractivity contribution < 1.29 is 9.18 Å². The lowest BCUT2D eigenvalue weighted by Gasteiger charge is -2.05. The highest BCUT2D eigenvalue weighted by atomic mass is 79.9. The van der Waals surface area contributed by atoms with Crippen LogP contribution in [0.4, 0.5) is 10.1 Å². The molecule has 0 saturated heterocycles. The normalized spacial score (nSPS) is 10.5. The van der Waals surface area contributed by atoms with Crippen molar-refractivity contribution in [3.05, 3.63) is 49.3 Å². The fraction of sp³-hybridized carbons (Fsp3) is 0. The highest BCUT2D eigenvalue weighted by molar-refractivity contribution is 9.10. The molecule has 2 rings (SSSR count). The Morgan fingerprint density at radius 1 is 1.47 bits per heavy atom. The zero-order valence-corrected chi connectivity index (χ0v) is 11.5. The van der Waals surface area contributed by atoms with E-state index in [9.17, 15) is 9.18 Å². The molecule has 0 radical (unpaired) electrons. The average Bonchev–Trinajstić information content (AvgIpc) is 2.69. The lowest BCUT2D eigenvalue weighted by Crippen LogP contribution is -2.03. The molecule has 2 nitrogen and oxygen atoms in total. The van der Waals surface area contributed by atoms with Gasteiger partial charge in [0.1, 0.15) is 5.82 Å². The van der Waals surface area contributed by atoms with Crippen molar-refractivity contribution >= 4 is 50.3 Å². The van der Waals surface area contributed by atoms with Crippen molar-refractivity contribution in [3.8, 4) is 0 Å². The molecule has 6 heteroatoms. The zero-order chi connectivity index (χ0) is 12.6. The molecule has 17 heavy (non-hydrogen) atoms. The maximum Gasteiger partial charge on any atom is 0.205 e. The monoisotopic (exact) mass is 333 g/mol. The van der Waals surface area contributed by atoms with Gasteiger partial charge in [-0.15, -0.1) is 11.3 Å². The summed E-state index contributed by atoms with van der Waals surface area (Å²) in [4.78, 5) is 12.5. The lowest BCUT2D eigenvalue weighted by molar-refractivity contribution is 0.104. The van der Waals surface area contributed by atoms with Crippen molar-refractivity contribution in [2.75, 3.05) is 5.73 Å². The number of carbonyl (C=O) groups is 1. The van der Waals surface area contributed by atoms with Crippen LogP contribution in [0.5, 0.6) is 0 Å². The first kappa shape index (κ1) is 12.5. The fourth-order valence-corrected chi connectivity index (χ4v) is 2.91. The average molecular weight is 335 g/mol. The number of nitrogens with two attached hydrogens (primary N) is 1. The minimum absolute atomic E-state index is 0.0655. The Kier molecular flexibility index (Phi) is 3.51. The van der Waals surface area contributed by atoms with Gasteiger partial charge in [0, 0.05) is 10.0 Å². The summed E-state index contributed by atoms with van der Waals surface area (Å²) in [6.45, 7) is 0. The van der Waals surface area contributed by atoms with E-state index in [0.29, 0.717) is 19.9 Å². The van der Waals surface area contributed by atoms with Crippen LogP contribution < -0.4 is 5.73 Å². The minimum Gasteiger partial charge on any atom is -0.396 e. The summed E-state index contributed by atoms with van der Waals surface area (Å²) in [5.74, 6) is -0.839. The van der Waals surface area contributed by atoms with Gasteiger partial charge in [0.15, 0.2) is 0 Å². The number of hydrogen-bond acceptors (Lipinski definition) is 3. The Balaban J connectivity index is 2.52. The quantitative estimate of drug-likeness (QED) is 0.663. The Labute approximate surface area is 114 Å². The number of anilines is 1. The maximum absolute atomic E-state index is 13.2. The van der Waals surface area contributed by atoms with E-state index in [1.54, 1.807) is 11.4 Å². The van der Waals surface area contributed by atoms with Crippen LogP contribution in [-0.4, -0.2) is 5.78 Å². The second-order valence-electron chi connectivity index (χ2n) is 3.28. The van der Waals surface area contributed by atoms with Gasteiger partial charge in [-0.3, -0.25) is 4.79 Å². The van der Waals surface area contributed by atoms with Crippen LogP contribution in [-0.2, 0) is 0 Å². The summed E-state index contributed by atoms with van der Waals surface area (Å²) in [7, 11) is 0. The van der Waals surface area contributed by atoms with Crippen LogP contribution in [0, 0.1) is 5.82 Å². The van der Waals surface area contributed by atoms with Crippen molar-refractivity contribution in [1.82, 2.24) is 0 Å². The maximum atomic E-state index is 13.2. The smallest absolute Gasteiger partial charge is 0.205 e. The van der Waals surface area contributed by atoms with Crippen LogP contribution in [0.2, 0.25) is 5.02 Å². The van der Waals surface area contributed by atoms with Gasteiger partial charge in [-0.2, -0.15) is 0 Å². The number of carbonyl (C=O) groups excluding carboxylic acids is 1. The van der Waals surface area contributed by atoms with Crippen molar-refractivity contribution in [1.29, 1.82) is 0 Å². The molecule has 0 unspecified atom stereocenters. The topological polar surface area (TPSA) is 43.1 Å². The molecule has 0 saturated carbocycles. The van der Waals surface area contributed by atoms with E-state index in [-0.39, 0.29) is 11.5 Å². The van der Waals surface area contributed by atoms with Gasteiger partial charge in [-0.25, -0.2) is 4.39 Å². The van der Waals surface area contributed by atoms with Crippen molar-refractivity contribution in [2.24, 2.45) is 0 Å². The summed E-state index contributed by atoms with van der Waals surface area (Å²) >= 11 is 10.2. The molecular formula is C11H6BrClFNOS. The summed E-state index contributed by atoms with van der Waals surface area (Å²) in [5, 5.41) is 2.10. The predicted molar refractivity (Wildman–Crippen MR) is 71.3 cm³/mol. The molecular weight excluding hydrogens is 329 g/mol. The SMILES string of the molecule is Nc1cc(C(=O)c2sccc2Cl)c(Br)cc1F. The Hall–Kier alpha value is -0.910. The molecule has 0 atom stereocenters. The first-order valence-electron chi connectivity index (χ1n) is 4.53. The van der Waals surface area contributed by atoms with Crippen LogP contribution in [0.1, 0.15) is 15.2 Å². The summed E-state index contributed by atoms with van der Waals surface area (Å²) in [5.41, 5.74) is 5.67. The number of rotatable bonds is 2. The van der Waals surface area contributed by atoms with Gasteiger partial charge in [0.05, 0.1) is 15.6 Å². The number of thiophene rings is 1. The van der Waals surface area contributed by atoms with E-state index >= 15 is 0 Å². The summed E-state index contributed by atoms with van der Waals surface area (Å²) in [6.07, 6.45) is 0. The van der Waals surface area contributed by atoms with E-state index in [4.69, 9.17) is 17.3 Å². The van der Waals surface area contributed by atoms with Gasteiger partial charge in [-0.1, -0.05) is 11.6 Å². The third-order valence-corrected chi connectivity index (χ3v) is 4.15. The third kappa shape index (κ3) is 2.36. The lowest BCUT2D eigenvalue weighted by atomic mass is 10.1. The molecule has 1 aromatic heterocycles. The van der Waals surface area contributed by atoms with Gasteiger partial charge in [0.2, 0.25) is 5.78 Å². The standard InChI is InChI=1S/C11H6BrClFNOS/c12-6-4-8(14)9(15)3-5(6)10(16)11-7(13)1-2-17-11/h1-4H,15H2. The number of hydrogen-bond donors (Lipinski definition) is 1. The van der Waals surface area contributed by atoms with Crippen LogP contribution in [0.3, 0.4) is 0 Å². The molecule has 2 N–H and O–H groups in total. The van der Waals surface area contributed by atoms with E-state index < -0.39 is 5.82 Å². The number of ketones is 1. The van der Waals surface area contributed by atoms with Crippen LogP contribution in [0.25, 0.3) is 0 Å². The van der Waals surface area contributed by atoms with Gasteiger partial charge >= 0.3 is 0 Å². The summed E-state index contributed by atoms with van der Waals surface area (Å²) in [6, 6.07) is 4.11. The van der Waals surface area contributed by atoms with E-state index in [0.717, 1.165) is 0 Å². The Bertz CT molecular complexity index is 599. The Morgan fingerprint density at radius 2 is 2.18 bits per heavy atom. The molecule has 88 valence electrons. The highest BCUT2D eigenvalue weighted by Crippen LogP contribution is 2.30. The predicted octanol–water partition coefficient (Wildman–Crippen LogP) is 4.12. The first-order chi connectivity index (χ1) is 8.00. The molecule has 1 aromatic carbocycles. The fourth-order valence-electron chi connectivity index (χ4n) is 1.32. The second kappa shape index (κ2) is 4.76. The molecule has 0 aliphatic carbocycles. The largest absolute Gasteiger partial charge is 0.396 e. The van der Waals surface area contributed by atoms with Gasteiger partial charge in [-0.05, 0) is 39.5 Å². The van der Waals surface area contributed by atoms with E-state index in [1.807, 2.05) is 0 Å². The zero-order valence-electron chi connectivity index (χ0n) is 8.34. The second-order valence-corrected chi connectivity index (χ2v) is 5.46.